The van der Waals surface area contributed by atoms with E-state index in [0.29, 0.717) is 12.5 Å². The molecule has 0 bridgehead atoms. The Bertz CT molecular complexity index is 348. The Morgan fingerprint density at radius 3 is 3.06 bits per heavy atom. The lowest BCUT2D eigenvalue weighted by Crippen LogP contribution is -2.38. The summed E-state index contributed by atoms with van der Waals surface area (Å²) >= 11 is 1.66. The number of thiophene rings is 1. The first-order chi connectivity index (χ1) is 8.27. The molecule has 1 aromatic heterocycles. The third-order valence-electron chi connectivity index (χ3n) is 3.39. The van der Waals surface area contributed by atoms with Gasteiger partial charge in [-0.2, -0.15) is 0 Å². The Kier molecular flexibility index (Phi) is 6.68. The van der Waals surface area contributed by atoms with Crippen LogP contribution in [0.1, 0.15) is 24.1 Å². The fourth-order valence-electron chi connectivity index (χ4n) is 2.28. The van der Waals surface area contributed by atoms with Gasteiger partial charge in [-0.3, -0.25) is 4.79 Å². The van der Waals surface area contributed by atoms with E-state index in [9.17, 15) is 4.79 Å². The Hall–Kier alpha value is -0.580. The quantitative estimate of drug-likeness (QED) is 0.926. The summed E-state index contributed by atoms with van der Waals surface area (Å²) in [5.74, 6) is 0.249. The lowest BCUT2D eigenvalue weighted by Gasteiger charge is -2.27. The fraction of sp³-hybridized carbons (Fsp3) is 0.615. The lowest BCUT2D eigenvalue weighted by atomic mass is 10.1. The van der Waals surface area contributed by atoms with Gasteiger partial charge in [-0.25, -0.2) is 0 Å². The van der Waals surface area contributed by atoms with Gasteiger partial charge in [0.1, 0.15) is 0 Å². The summed E-state index contributed by atoms with van der Waals surface area (Å²) in [5, 5.41) is 5.41. The fourth-order valence-corrected chi connectivity index (χ4v) is 2.97. The predicted molar refractivity (Wildman–Crippen MR) is 78.5 cm³/mol. The van der Waals surface area contributed by atoms with E-state index in [1.54, 1.807) is 11.3 Å². The molecule has 0 saturated carbocycles. The van der Waals surface area contributed by atoms with E-state index in [2.05, 4.69) is 5.32 Å². The second kappa shape index (κ2) is 7.77. The number of nitrogens with one attached hydrogen (secondary N) is 1. The molecule has 0 aliphatic carbocycles. The molecule has 0 spiro atoms. The second-order valence-corrected chi connectivity index (χ2v) is 5.63. The highest BCUT2D eigenvalue weighted by Gasteiger charge is 2.21. The van der Waals surface area contributed by atoms with Gasteiger partial charge in [0.2, 0.25) is 5.91 Å². The molecule has 1 amide bonds. The molecule has 1 aliphatic heterocycles. The summed E-state index contributed by atoms with van der Waals surface area (Å²) in [7, 11) is 1.95. The summed E-state index contributed by atoms with van der Waals surface area (Å²) in [5.41, 5.74) is 0. The van der Waals surface area contributed by atoms with E-state index < -0.39 is 0 Å². The standard InChI is InChI=1S/C13H20N2OS.ClH/c1-15(11-4-2-7-14-8-6-11)13(16)10-12-5-3-9-17-12;/h3,5,9,11,14H,2,4,6-8,10H2,1H3;1H. The van der Waals surface area contributed by atoms with Crippen LogP contribution in [-0.2, 0) is 11.2 Å². The van der Waals surface area contributed by atoms with Crippen LogP contribution in [-0.4, -0.2) is 37.0 Å². The third-order valence-corrected chi connectivity index (χ3v) is 4.27. The van der Waals surface area contributed by atoms with E-state index >= 15 is 0 Å². The first-order valence-corrected chi connectivity index (χ1v) is 7.14. The van der Waals surface area contributed by atoms with Gasteiger partial charge in [-0.05, 0) is 43.8 Å². The number of carbonyl (C=O) groups excluding carboxylic acids is 1. The van der Waals surface area contributed by atoms with Crippen LogP contribution in [0.2, 0.25) is 0 Å². The van der Waals surface area contributed by atoms with E-state index in [-0.39, 0.29) is 18.3 Å². The van der Waals surface area contributed by atoms with Crippen LogP contribution in [0, 0.1) is 0 Å². The molecular formula is C13H21ClN2OS. The predicted octanol–water partition coefficient (Wildman–Crippen LogP) is 2.31. The Labute approximate surface area is 119 Å². The van der Waals surface area contributed by atoms with Crippen LogP contribution >= 0.6 is 23.7 Å². The van der Waals surface area contributed by atoms with Crippen LogP contribution < -0.4 is 5.32 Å². The van der Waals surface area contributed by atoms with Crippen molar-refractivity contribution in [3.63, 3.8) is 0 Å². The summed E-state index contributed by atoms with van der Waals surface area (Å²) in [4.78, 5) is 15.2. The normalized spacial score (nSPS) is 19.7. The second-order valence-electron chi connectivity index (χ2n) is 4.60. The van der Waals surface area contributed by atoms with Crippen LogP contribution in [0.15, 0.2) is 17.5 Å². The van der Waals surface area contributed by atoms with Gasteiger partial charge in [-0.15, -0.1) is 23.7 Å². The zero-order chi connectivity index (χ0) is 12.1. The van der Waals surface area contributed by atoms with Crippen LogP contribution in [0.25, 0.3) is 0 Å². The van der Waals surface area contributed by atoms with Gasteiger partial charge >= 0.3 is 0 Å². The number of nitrogens with zero attached hydrogens (tertiary/aromatic N) is 1. The SMILES string of the molecule is CN(C(=O)Cc1cccs1)C1CCCNCC1.Cl. The zero-order valence-electron chi connectivity index (χ0n) is 10.7. The number of rotatable bonds is 3. The maximum absolute atomic E-state index is 12.1. The van der Waals surface area contributed by atoms with E-state index in [1.807, 2.05) is 29.5 Å². The van der Waals surface area contributed by atoms with Gasteiger partial charge in [0, 0.05) is 18.0 Å². The summed E-state index contributed by atoms with van der Waals surface area (Å²) in [6.45, 7) is 2.12. The molecule has 1 N–H and O–H groups in total. The molecule has 0 aromatic carbocycles. The molecule has 1 saturated heterocycles. The van der Waals surface area contributed by atoms with E-state index in [0.717, 1.165) is 30.8 Å². The zero-order valence-corrected chi connectivity index (χ0v) is 12.4. The average molecular weight is 289 g/mol. The van der Waals surface area contributed by atoms with Crippen molar-refractivity contribution in [2.45, 2.75) is 31.7 Å². The van der Waals surface area contributed by atoms with Crippen molar-refractivity contribution in [2.75, 3.05) is 20.1 Å². The van der Waals surface area contributed by atoms with Crippen molar-refractivity contribution < 1.29 is 4.79 Å². The monoisotopic (exact) mass is 288 g/mol. The molecule has 1 aromatic rings. The molecule has 5 heteroatoms. The lowest BCUT2D eigenvalue weighted by molar-refractivity contribution is -0.131. The van der Waals surface area contributed by atoms with E-state index in [1.165, 1.54) is 6.42 Å². The highest BCUT2D eigenvalue weighted by atomic mass is 35.5. The molecule has 1 atom stereocenters. The number of amides is 1. The largest absolute Gasteiger partial charge is 0.342 e. The molecule has 1 fully saturated rings. The van der Waals surface area contributed by atoms with Gasteiger partial charge in [-0.1, -0.05) is 6.07 Å². The first kappa shape index (κ1) is 15.5. The average Bonchev–Trinajstić information content (AvgIpc) is 2.68. The molecule has 3 nitrogen and oxygen atoms in total. The van der Waals surface area contributed by atoms with Gasteiger partial charge in [0.25, 0.3) is 0 Å². The molecule has 1 unspecified atom stereocenters. The summed E-state index contributed by atoms with van der Waals surface area (Å²) in [6.07, 6.45) is 3.92. The van der Waals surface area contributed by atoms with Crippen molar-refractivity contribution in [1.29, 1.82) is 0 Å². The topological polar surface area (TPSA) is 32.3 Å². The van der Waals surface area contributed by atoms with Crippen molar-refractivity contribution in [3.8, 4) is 0 Å². The first-order valence-electron chi connectivity index (χ1n) is 6.26. The molecule has 18 heavy (non-hydrogen) atoms. The minimum absolute atomic E-state index is 0. The van der Waals surface area contributed by atoms with Gasteiger partial charge in [0.15, 0.2) is 0 Å². The Morgan fingerprint density at radius 2 is 2.33 bits per heavy atom. The molecular weight excluding hydrogens is 268 g/mol. The number of hydrogen-bond donors (Lipinski definition) is 1. The maximum Gasteiger partial charge on any atom is 0.227 e. The molecule has 102 valence electrons. The minimum atomic E-state index is 0. The van der Waals surface area contributed by atoms with E-state index in [4.69, 9.17) is 0 Å². The van der Waals surface area contributed by atoms with Crippen LogP contribution in [0.5, 0.6) is 0 Å². The smallest absolute Gasteiger partial charge is 0.227 e. The van der Waals surface area contributed by atoms with Crippen molar-refractivity contribution in [1.82, 2.24) is 10.2 Å². The van der Waals surface area contributed by atoms with Gasteiger partial charge in [0.05, 0.1) is 6.42 Å². The maximum atomic E-state index is 12.1. The van der Waals surface area contributed by atoms with Crippen molar-refractivity contribution >= 4 is 29.7 Å². The highest BCUT2D eigenvalue weighted by molar-refractivity contribution is 7.10. The number of hydrogen-bond acceptors (Lipinski definition) is 3. The number of halogens is 1. The minimum Gasteiger partial charge on any atom is -0.342 e. The molecule has 1 aliphatic rings. The van der Waals surface area contributed by atoms with Crippen molar-refractivity contribution in [2.24, 2.45) is 0 Å². The highest BCUT2D eigenvalue weighted by Crippen LogP contribution is 2.15. The van der Waals surface area contributed by atoms with Crippen molar-refractivity contribution in [3.05, 3.63) is 22.4 Å². The Balaban J connectivity index is 0.00000162. The van der Waals surface area contributed by atoms with Gasteiger partial charge < -0.3 is 10.2 Å². The van der Waals surface area contributed by atoms with Crippen LogP contribution in [0.4, 0.5) is 0 Å². The number of carbonyl (C=O) groups is 1. The summed E-state index contributed by atoms with van der Waals surface area (Å²) < 4.78 is 0. The molecule has 0 radical (unpaired) electrons. The third kappa shape index (κ3) is 4.26. The Morgan fingerprint density at radius 1 is 1.50 bits per heavy atom. The summed E-state index contributed by atoms with van der Waals surface area (Å²) in [6, 6.07) is 4.45. The molecule has 2 heterocycles. The van der Waals surface area contributed by atoms with Crippen LogP contribution in [0.3, 0.4) is 0 Å². The molecule has 2 rings (SSSR count). The number of likely N-dealkylation sites (N-methyl/N-ethyl adjacent to an activating group) is 1.